The number of piperidine rings is 1. The van der Waals surface area contributed by atoms with Crippen molar-refractivity contribution in [1.29, 1.82) is 0 Å². The Morgan fingerprint density at radius 2 is 1.83 bits per heavy atom. The molecule has 2 aliphatic heterocycles. The first-order valence-electron chi connectivity index (χ1n) is 13.3. The largest absolute Gasteiger partial charge is 0.383 e. The molecule has 1 aromatic heterocycles. The molecule has 0 amide bonds. The average Bonchev–Trinajstić information content (AvgIpc) is 2.89. The molecule has 0 spiro atoms. The second kappa shape index (κ2) is 12.9. The summed E-state index contributed by atoms with van der Waals surface area (Å²) in [7, 11) is 0. The van der Waals surface area contributed by atoms with E-state index in [2.05, 4.69) is 83.4 Å². The SMILES string of the molecule is CC/C=C(\NCCN1CCC(/C=C/c2c(C)cccc2C)CC1)c1cnccc1N1CCOCC1. The third kappa shape index (κ3) is 6.96. The number of morpholine rings is 1. The molecule has 0 aliphatic carbocycles. The quantitative estimate of drug-likeness (QED) is 0.534. The zero-order valence-corrected chi connectivity index (χ0v) is 21.8. The number of benzene rings is 1. The van der Waals surface area contributed by atoms with Crippen LogP contribution in [-0.4, -0.2) is 62.4 Å². The van der Waals surface area contributed by atoms with Crippen LogP contribution in [0.3, 0.4) is 0 Å². The highest BCUT2D eigenvalue weighted by Crippen LogP contribution is 2.26. The highest BCUT2D eigenvalue weighted by Gasteiger charge is 2.19. The van der Waals surface area contributed by atoms with Crippen molar-refractivity contribution < 1.29 is 4.74 Å². The van der Waals surface area contributed by atoms with Gasteiger partial charge < -0.3 is 19.9 Å². The van der Waals surface area contributed by atoms with Gasteiger partial charge >= 0.3 is 0 Å². The van der Waals surface area contributed by atoms with Gasteiger partial charge in [0.05, 0.1) is 13.2 Å². The predicted octanol–water partition coefficient (Wildman–Crippen LogP) is 5.30. The van der Waals surface area contributed by atoms with Crippen molar-refractivity contribution in [2.75, 3.05) is 57.4 Å². The molecule has 1 N–H and O–H groups in total. The summed E-state index contributed by atoms with van der Waals surface area (Å²) in [6.07, 6.45) is 14.5. The number of hydrogen-bond acceptors (Lipinski definition) is 5. The fourth-order valence-corrected chi connectivity index (χ4v) is 5.20. The molecule has 35 heavy (non-hydrogen) atoms. The van der Waals surface area contributed by atoms with E-state index >= 15 is 0 Å². The summed E-state index contributed by atoms with van der Waals surface area (Å²) in [5.74, 6) is 0.681. The third-order valence-corrected chi connectivity index (χ3v) is 7.30. The van der Waals surface area contributed by atoms with Crippen LogP contribution < -0.4 is 10.2 Å². The number of anilines is 1. The van der Waals surface area contributed by atoms with E-state index in [9.17, 15) is 0 Å². The number of nitrogens with one attached hydrogen (secondary N) is 1. The van der Waals surface area contributed by atoms with Crippen molar-refractivity contribution in [3.05, 3.63) is 71.1 Å². The van der Waals surface area contributed by atoms with Gasteiger partial charge in [-0.25, -0.2) is 0 Å². The zero-order valence-electron chi connectivity index (χ0n) is 21.8. The molecule has 0 atom stereocenters. The molecular weight excluding hydrogens is 432 g/mol. The Kier molecular flexibility index (Phi) is 9.38. The van der Waals surface area contributed by atoms with Crippen molar-refractivity contribution in [3.8, 4) is 0 Å². The smallest absolute Gasteiger partial charge is 0.0642 e. The van der Waals surface area contributed by atoms with E-state index in [1.807, 2.05) is 12.4 Å². The highest BCUT2D eigenvalue weighted by molar-refractivity contribution is 5.75. The van der Waals surface area contributed by atoms with Crippen LogP contribution in [-0.2, 0) is 4.74 Å². The number of pyridine rings is 1. The van der Waals surface area contributed by atoms with E-state index < -0.39 is 0 Å². The summed E-state index contributed by atoms with van der Waals surface area (Å²) >= 11 is 0. The minimum absolute atomic E-state index is 0.681. The number of rotatable bonds is 9. The molecule has 4 rings (SSSR count). The molecule has 5 nitrogen and oxygen atoms in total. The van der Waals surface area contributed by atoms with Crippen LogP contribution in [0.4, 0.5) is 5.69 Å². The van der Waals surface area contributed by atoms with E-state index in [0.717, 1.165) is 45.8 Å². The number of hydrogen-bond donors (Lipinski definition) is 1. The molecule has 0 saturated carbocycles. The number of allylic oxidation sites excluding steroid dienone is 2. The number of aromatic nitrogens is 1. The lowest BCUT2D eigenvalue weighted by Crippen LogP contribution is -2.38. The normalized spacial score (nSPS) is 18.4. The van der Waals surface area contributed by atoms with Crippen LogP contribution in [0.2, 0.25) is 0 Å². The lowest BCUT2D eigenvalue weighted by atomic mass is 9.94. The summed E-state index contributed by atoms with van der Waals surface area (Å²) in [6.45, 7) is 14.4. The molecule has 0 unspecified atom stereocenters. The molecule has 0 radical (unpaired) electrons. The van der Waals surface area contributed by atoms with Crippen molar-refractivity contribution >= 4 is 17.5 Å². The molecule has 2 aliphatic rings. The van der Waals surface area contributed by atoms with E-state index in [4.69, 9.17) is 4.74 Å². The van der Waals surface area contributed by atoms with Gasteiger partial charge in [-0.3, -0.25) is 4.98 Å². The standard InChI is InChI=1S/C30H42N4O/c1-4-6-29(28-23-31-14-11-30(28)34-19-21-35-22-20-34)32-15-18-33-16-12-26(13-17-33)9-10-27-24(2)7-5-8-25(27)3/h5-11,14,23,26,32H,4,12-13,15-22H2,1-3H3/b10-9+,29-6-. The van der Waals surface area contributed by atoms with Crippen LogP contribution in [0.5, 0.6) is 0 Å². The number of ether oxygens (including phenoxy) is 1. The lowest BCUT2D eigenvalue weighted by molar-refractivity contribution is 0.122. The van der Waals surface area contributed by atoms with Crippen molar-refractivity contribution in [2.45, 2.75) is 40.0 Å². The van der Waals surface area contributed by atoms with Gasteiger partial charge in [0, 0.05) is 55.5 Å². The monoisotopic (exact) mass is 474 g/mol. The Bertz CT molecular complexity index is 981. The van der Waals surface area contributed by atoms with Crippen LogP contribution in [0.25, 0.3) is 11.8 Å². The molecule has 188 valence electrons. The summed E-state index contributed by atoms with van der Waals surface area (Å²) in [4.78, 5) is 9.47. The van der Waals surface area contributed by atoms with Gasteiger partial charge in [0.15, 0.2) is 0 Å². The van der Waals surface area contributed by atoms with Crippen LogP contribution in [0, 0.1) is 19.8 Å². The number of nitrogens with zero attached hydrogens (tertiary/aromatic N) is 3. The first-order valence-corrected chi connectivity index (χ1v) is 13.3. The van der Waals surface area contributed by atoms with Crippen LogP contribution in [0.1, 0.15) is 48.4 Å². The Balaban J connectivity index is 1.28. The molecular formula is C30H42N4O. The fourth-order valence-electron chi connectivity index (χ4n) is 5.20. The maximum Gasteiger partial charge on any atom is 0.0642 e. The van der Waals surface area contributed by atoms with E-state index in [-0.39, 0.29) is 0 Å². The Morgan fingerprint density at radius 1 is 1.09 bits per heavy atom. The van der Waals surface area contributed by atoms with Gasteiger partial charge in [-0.1, -0.05) is 43.4 Å². The number of likely N-dealkylation sites (tertiary alicyclic amines) is 1. The first kappa shape index (κ1) is 25.5. The summed E-state index contributed by atoms with van der Waals surface area (Å²) in [5, 5.41) is 3.74. The second-order valence-electron chi connectivity index (χ2n) is 9.79. The van der Waals surface area contributed by atoms with Crippen LogP contribution in [0.15, 0.2) is 48.8 Å². The van der Waals surface area contributed by atoms with Crippen LogP contribution >= 0.6 is 0 Å². The lowest BCUT2D eigenvalue weighted by Gasteiger charge is -2.32. The first-order chi connectivity index (χ1) is 17.2. The van der Waals surface area contributed by atoms with E-state index in [1.54, 1.807) is 0 Å². The summed E-state index contributed by atoms with van der Waals surface area (Å²) < 4.78 is 5.56. The predicted molar refractivity (Wildman–Crippen MR) is 148 cm³/mol. The van der Waals surface area contributed by atoms with Gasteiger partial charge in [0.25, 0.3) is 0 Å². The fraction of sp³-hybridized carbons (Fsp3) is 0.500. The van der Waals surface area contributed by atoms with E-state index in [0.29, 0.717) is 5.92 Å². The molecule has 1 aromatic carbocycles. The maximum absolute atomic E-state index is 5.56. The molecule has 0 bridgehead atoms. The minimum Gasteiger partial charge on any atom is -0.383 e. The molecule has 5 heteroatoms. The average molecular weight is 475 g/mol. The highest BCUT2D eigenvalue weighted by atomic mass is 16.5. The number of aryl methyl sites for hydroxylation is 2. The summed E-state index contributed by atoms with van der Waals surface area (Å²) in [5.41, 5.74) is 7.78. The van der Waals surface area contributed by atoms with Crippen molar-refractivity contribution in [3.63, 3.8) is 0 Å². The second-order valence-corrected chi connectivity index (χ2v) is 9.79. The van der Waals surface area contributed by atoms with Crippen molar-refractivity contribution in [2.24, 2.45) is 5.92 Å². The van der Waals surface area contributed by atoms with Gasteiger partial charge in [0.1, 0.15) is 0 Å². The zero-order chi connectivity index (χ0) is 24.5. The molecule has 2 aromatic rings. The van der Waals surface area contributed by atoms with Gasteiger partial charge in [-0.2, -0.15) is 0 Å². The van der Waals surface area contributed by atoms with Gasteiger partial charge in [-0.15, -0.1) is 0 Å². The maximum atomic E-state index is 5.56. The Hall–Kier alpha value is -2.63. The topological polar surface area (TPSA) is 40.6 Å². The van der Waals surface area contributed by atoms with Gasteiger partial charge in [-0.05, 0) is 74.9 Å². The molecule has 2 saturated heterocycles. The summed E-state index contributed by atoms with van der Waals surface area (Å²) in [6, 6.07) is 8.70. The van der Waals surface area contributed by atoms with Crippen molar-refractivity contribution in [1.82, 2.24) is 15.2 Å². The Labute approximate surface area is 211 Å². The molecule has 3 heterocycles. The molecule has 2 fully saturated rings. The minimum atomic E-state index is 0.681. The van der Waals surface area contributed by atoms with E-state index in [1.165, 1.54) is 59.6 Å². The Morgan fingerprint density at radius 3 is 2.54 bits per heavy atom. The third-order valence-electron chi connectivity index (χ3n) is 7.30. The van der Waals surface area contributed by atoms with Gasteiger partial charge in [0.2, 0.25) is 0 Å².